The Bertz CT molecular complexity index is 1750. The van der Waals surface area contributed by atoms with Gasteiger partial charge in [0.05, 0.1) is 34.5 Å². The highest BCUT2D eigenvalue weighted by Crippen LogP contribution is 2.41. The Balaban J connectivity index is 1.41. The van der Waals surface area contributed by atoms with E-state index in [9.17, 15) is 16.8 Å². The maximum absolute atomic E-state index is 13.5. The van der Waals surface area contributed by atoms with Gasteiger partial charge in [-0.25, -0.2) is 16.8 Å². The fourth-order valence-corrected chi connectivity index (χ4v) is 10.3. The van der Waals surface area contributed by atoms with Crippen LogP contribution in [0.1, 0.15) is 24.0 Å². The van der Waals surface area contributed by atoms with Crippen LogP contribution in [0.4, 0.5) is 5.95 Å². The lowest BCUT2D eigenvalue weighted by molar-refractivity contribution is 0.413. The molecule has 12 nitrogen and oxygen atoms in total. The van der Waals surface area contributed by atoms with Gasteiger partial charge in [-0.05, 0) is 65.6 Å². The first-order valence-electron chi connectivity index (χ1n) is 13.3. The number of piperidine rings is 1. The number of sulfonamides is 2. The number of rotatable bonds is 11. The highest BCUT2D eigenvalue weighted by molar-refractivity contribution is 14.1. The van der Waals surface area contributed by atoms with E-state index in [2.05, 4.69) is 38.0 Å². The summed E-state index contributed by atoms with van der Waals surface area (Å²) in [4.78, 5) is 3.32. The monoisotopic (exact) mass is 738 g/mol. The lowest BCUT2D eigenvalue weighted by atomic mass is 9.95. The number of benzene rings is 3. The summed E-state index contributed by atoms with van der Waals surface area (Å²) in [6, 6.07) is 22.5. The summed E-state index contributed by atoms with van der Waals surface area (Å²) in [6.07, 6.45) is 0.717. The molecule has 0 bridgehead atoms. The van der Waals surface area contributed by atoms with E-state index in [0.29, 0.717) is 24.7 Å². The third kappa shape index (κ3) is 7.27. The van der Waals surface area contributed by atoms with E-state index in [4.69, 9.17) is 9.47 Å². The number of hydrogen-bond donors (Lipinski definition) is 1. The van der Waals surface area contributed by atoms with Gasteiger partial charge in [0, 0.05) is 13.0 Å². The van der Waals surface area contributed by atoms with E-state index in [1.54, 1.807) is 32.4 Å². The molecule has 3 aromatic carbocycles. The maximum Gasteiger partial charge on any atom is 0.267 e. The van der Waals surface area contributed by atoms with Crippen LogP contribution >= 0.6 is 22.6 Å². The SMILES string of the molecule is COc1ccc(Cn2nnc(N3CCC(S(=O)(=O)NS(=O)(=O)c4ccccc4)CC3(I)Cc3ccc(OC)cc3)n2)cc1. The smallest absolute Gasteiger partial charge is 0.267 e. The van der Waals surface area contributed by atoms with Crippen molar-refractivity contribution in [2.75, 3.05) is 25.7 Å². The van der Waals surface area contributed by atoms with E-state index in [1.165, 1.54) is 16.9 Å². The highest BCUT2D eigenvalue weighted by atomic mass is 127. The summed E-state index contributed by atoms with van der Waals surface area (Å²) in [5, 5.41) is 12.2. The van der Waals surface area contributed by atoms with Crippen molar-refractivity contribution in [1.29, 1.82) is 0 Å². The van der Waals surface area contributed by atoms with Gasteiger partial charge in [0.2, 0.25) is 10.0 Å². The molecule has 0 radical (unpaired) electrons. The molecular formula is C28H31IN6O6S2. The Morgan fingerprint density at radius 1 is 0.907 bits per heavy atom. The van der Waals surface area contributed by atoms with Crippen molar-refractivity contribution in [3.05, 3.63) is 90.0 Å². The zero-order valence-electron chi connectivity index (χ0n) is 23.5. The number of tetrazole rings is 1. The van der Waals surface area contributed by atoms with Crippen LogP contribution in [0.2, 0.25) is 0 Å². The van der Waals surface area contributed by atoms with Crippen LogP contribution in [0.5, 0.6) is 11.5 Å². The number of aromatic nitrogens is 4. The molecule has 228 valence electrons. The second-order valence-corrected chi connectivity index (χ2v) is 16.0. The molecule has 1 saturated heterocycles. The molecule has 1 fully saturated rings. The Morgan fingerprint density at radius 3 is 2.12 bits per heavy atom. The molecule has 1 aliphatic heterocycles. The lowest BCUT2D eigenvalue weighted by Crippen LogP contribution is -2.56. The Labute approximate surface area is 264 Å². The third-order valence-corrected chi connectivity index (χ3v) is 12.6. The fraction of sp³-hybridized carbons (Fsp3) is 0.321. The summed E-state index contributed by atoms with van der Waals surface area (Å²) < 4.78 is 64.5. The summed E-state index contributed by atoms with van der Waals surface area (Å²) in [5.74, 6) is 1.80. The molecule has 43 heavy (non-hydrogen) atoms. The van der Waals surface area contributed by atoms with Gasteiger partial charge >= 0.3 is 0 Å². The molecule has 0 amide bonds. The number of nitrogens with zero attached hydrogens (tertiary/aromatic N) is 5. The minimum Gasteiger partial charge on any atom is -0.497 e. The quantitative estimate of drug-likeness (QED) is 0.138. The van der Waals surface area contributed by atoms with Crippen LogP contribution in [0.25, 0.3) is 0 Å². The zero-order valence-corrected chi connectivity index (χ0v) is 27.3. The van der Waals surface area contributed by atoms with Gasteiger partial charge in [-0.1, -0.05) is 70.2 Å². The van der Waals surface area contributed by atoms with Crippen LogP contribution in [0.15, 0.2) is 83.8 Å². The molecule has 1 aliphatic rings. The molecule has 2 heterocycles. The average molecular weight is 739 g/mol. The number of ether oxygens (including phenoxy) is 2. The topological polar surface area (TPSA) is 146 Å². The molecule has 1 aromatic heterocycles. The zero-order chi connectivity index (χ0) is 30.7. The second kappa shape index (κ2) is 12.8. The van der Waals surface area contributed by atoms with Crippen molar-refractivity contribution in [3.63, 3.8) is 0 Å². The highest BCUT2D eigenvalue weighted by Gasteiger charge is 2.47. The molecule has 0 aliphatic carbocycles. The molecule has 5 rings (SSSR count). The van der Waals surface area contributed by atoms with Crippen molar-refractivity contribution in [3.8, 4) is 11.5 Å². The Morgan fingerprint density at radius 2 is 1.51 bits per heavy atom. The van der Waals surface area contributed by atoms with Gasteiger partial charge in [0.1, 0.15) is 11.5 Å². The van der Waals surface area contributed by atoms with Crippen LogP contribution in [-0.4, -0.2) is 66.6 Å². The lowest BCUT2D eigenvalue weighted by Gasteiger charge is -2.45. The molecule has 2 atom stereocenters. The van der Waals surface area contributed by atoms with Crippen LogP contribution < -0.4 is 18.5 Å². The standard InChI is InChI=1S/C28H31IN6O6S2/c1-40-23-12-8-21(9-13-23)18-28(29)19-26(43(38,39)33-42(36,37)25-6-4-3-5-7-25)16-17-34(28)27-30-32-35(31-27)20-22-10-14-24(41-2)15-11-22/h3-15,26,33H,16-20H2,1-2H3. The Hall–Kier alpha value is -3.28. The first kappa shape index (κ1) is 31.2. The number of anilines is 1. The largest absolute Gasteiger partial charge is 0.497 e. The summed E-state index contributed by atoms with van der Waals surface area (Å²) in [7, 11) is -5.36. The van der Waals surface area contributed by atoms with Gasteiger partial charge < -0.3 is 14.4 Å². The second-order valence-electron chi connectivity index (χ2n) is 10.1. The van der Waals surface area contributed by atoms with Crippen LogP contribution in [0, 0.1) is 0 Å². The molecule has 0 saturated carbocycles. The maximum atomic E-state index is 13.5. The van der Waals surface area contributed by atoms with Crippen LogP contribution in [0.3, 0.4) is 0 Å². The number of hydrogen-bond acceptors (Lipinski definition) is 10. The average Bonchev–Trinajstić information content (AvgIpc) is 3.45. The van der Waals surface area contributed by atoms with E-state index in [1.807, 2.05) is 57.6 Å². The summed E-state index contributed by atoms with van der Waals surface area (Å²) in [6.45, 7) is 0.653. The summed E-state index contributed by atoms with van der Waals surface area (Å²) >= 11 is 2.24. The first-order valence-corrected chi connectivity index (χ1v) is 17.4. The van der Waals surface area contributed by atoms with E-state index in [-0.39, 0.29) is 24.3 Å². The molecular weight excluding hydrogens is 707 g/mol. The van der Waals surface area contributed by atoms with Gasteiger partial charge in [-0.15, -0.1) is 9.23 Å². The van der Waals surface area contributed by atoms with Crippen molar-refractivity contribution in [2.24, 2.45) is 0 Å². The number of alkyl halides is 1. The van der Waals surface area contributed by atoms with Crippen LogP contribution in [-0.2, 0) is 33.0 Å². The number of methoxy groups -OCH3 is 2. The van der Waals surface area contributed by atoms with E-state index < -0.39 is 28.8 Å². The molecule has 1 N–H and O–H groups in total. The molecule has 2 unspecified atom stereocenters. The van der Waals surface area contributed by atoms with Crippen molar-refractivity contribution in [2.45, 2.75) is 39.5 Å². The Kier molecular flexibility index (Phi) is 9.24. The van der Waals surface area contributed by atoms with Gasteiger partial charge in [0.15, 0.2) is 0 Å². The summed E-state index contributed by atoms with van der Waals surface area (Å²) in [5.41, 5.74) is 1.90. The number of nitrogens with one attached hydrogen (secondary N) is 1. The van der Waals surface area contributed by atoms with E-state index >= 15 is 0 Å². The fourth-order valence-electron chi connectivity index (χ4n) is 4.98. The van der Waals surface area contributed by atoms with Gasteiger partial charge in [-0.3, -0.25) is 0 Å². The van der Waals surface area contributed by atoms with Crippen molar-refractivity contribution >= 4 is 48.6 Å². The predicted molar refractivity (Wildman–Crippen MR) is 169 cm³/mol. The molecule has 0 spiro atoms. The van der Waals surface area contributed by atoms with Gasteiger partial charge in [-0.2, -0.15) is 4.80 Å². The first-order chi connectivity index (χ1) is 20.5. The van der Waals surface area contributed by atoms with Crippen molar-refractivity contribution < 1.29 is 26.3 Å². The van der Waals surface area contributed by atoms with E-state index in [0.717, 1.165) is 16.9 Å². The molecule has 4 aromatic rings. The minimum atomic E-state index is -4.28. The minimum absolute atomic E-state index is 0.117. The normalized spacial score (nSPS) is 19.2. The number of halogens is 1. The third-order valence-electron chi connectivity index (χ3n) is 7.22. The van der Waals surface area contributed by atoms with Crippen molar-refractivity contribution in [1.82, 2.24) is 24.3 Å². The van der Waals surface area contributed by atoms with Gasteiger partial charge in [0.25, 0.3) is 16.0 Å². The predicted octanol–water partition coefficient (Wildman–Crippen LogP) is 3.39. The molecule has 15 heteroatoms.